The van der Waals surface area contributed by atoms with Crippen molar-refractivity contribution in [1.29, 1.82) is 0 Å². The molecule has 0 bridgehead atoms. The Balaban J connectivity index is 1.55. The van der Waals surface area contributed by atoms with E-state index in [9.17, 15) is 4.79 Å². The molecule has 2 aromatic rings. The molecule has 1 saturated heterocycles. The zero-order chi connectivity index (χ0) is 19.7. The van der Waals surface area contributed by atoms with Gasteiger partial charge in [-0.25, -0.2) is 4.98 Å². The van der Waals surface area contributed by atoms with Crippen LogP contribution in [0.25, 0.3) is 0 Å². The number of halogens is 2. The minimum atomic E-state index is -0.495. The van der Waals surface area contributed by atoms with Crippen LogP contribution in [0.5, 0.6) is 5.75 Å². The van der Waals surface area contributed by atoms with E-state index in [0.29, 0.717) is 23.4 Å². The summed E-state index contributed by atoms with van der Waals surface area (Å²) < 4.78 is 11.6. The molecule has 1 N–H and O–H groups in total. The van der Waals surface area contributed by atoms with Crippen LogP contribution in [0.1, 0.15) is 23.6 Å². The Bertz CT molecular complexity index is 897. The summed E-state index contributed by atoms with van der Waals surface area (Å²) in [6, 6.07) is 5.49. The summed E-state index contributed by atoms with van der Waals surface area (Å²) in [7, 11) is 1.65. The number of carbonyl (C=O) groups is 1. The molecule has 2 unspecified atom stereocenters. The van der Waals surface area contributed by atoms with Gasteiger partial charge >= 0.3 is 0 Å². The first-order valence-electron chi connectivity index (χ1n) is 9.06. The number of rotatable bonds is 4. The van der Waals surface area contributed by atoms with E-state index in [4.69, 9.17) is 21.1 Å². The predicted octanol–water partition coefficient (Wildman–Crippen LogP) is 2.91. The number of nitrogens with one attached hydrogen (secondary N) is 1. The minimum absolute atomic E-state index is 0.0428. The Hall–Kier alpha value is -1.90. The van der Waals surface area contributed by atoms with Crippen LogP contribution in [-0.2, 0) is 16.0 Å². The normalized spacial score (nSPS) is 21.3. The van der Waals surface area contributed by atoms with Gasteiger partial charge in [-0.1, -0.05) is 6.07 Å². The van der Waals surface area contributed by atoms with E-state index in [0.717, 1.165) is 24.2 Å². The van der Waals surface area contributed by atoms with E-state index < -0.39 is 6.04 Å². The lowest BCUT2D eigenvalue weighted by atomic mass is 10.1. The van der Waals surface area contributed by atoms with Crippen LogP contribution >= 0.6 is 27.5 Å². The third kappa shape index (κ3) is 3.81. The molecule has 4 rings (SSSR count). The lowest BCUT2D eigenvalue weighted by Gasteiger charge is -2.36. The van der Waals surface area contributed by atoms with Gasteiger partial charge in [0.2, 0.25) is 11.2 Å². The highest BCUT2D eigenvalue weighted by atomic mass is 79.9. The Kier molecular flexibility index (Phi) is 5.70. The molecule has 1 aromatic heterocycles. The topological polar surface area (TPSA) is 76.6 Å². The zero-order valence-corrected chi connectivity index (χ0v) is 17.7. The summed E-state index contributed by atoms with van der Waals surface area (Å²) in [5, 5.41) is 3.32. The van der Waals surface area contributed by atoms with Crippen molar-refractivity contribution in [3.05, 3.63) is 45.3 Å². The number of benzene rings is 1. The van der Waals surface area contributed by atoms with E-state index >= 15 is 0 Å². The summed E-state index contributed by atoms with van der Waals surface area (Å²) in [6.07, 6.45) is 3.39. The number of aryl methyl sites for hydroxylation is 1. The van der Waals surface area contributed by atoms with Gasteiger partial charge in [0.1, 0.15) is 17.6 Å². The van der Waals surface area contributed by atoms with E-state index in [-0.39, 0.29) is 23.8 Å². The van der Waals surface area contributed by atoms with Crippen LogP contribution in [0.15, 0.2) is 28.9 Å². The number of ether oxygens (including phenoxy) is 2. The van der Waals surface area contributed by atoms with Crippen molar-refractivity contribution < 1.29 is 14.3 Å². The standard InChI is InChI=1S/C19H20BrClN4O3/c1-27-12-4-2-11-3-5-15(13(11)8-12)23-18(26)16-10-28-7-6-25(16)17-14(20)9-22-19(21)24-17/h2,4,8-9,15-16H,3,5-7,10H2,1H3,(H,23,26). The number of morpholine rings is 1. The third-order valence-corrected chi connectivity index (χ3v) is 5.89. The highest BCUT2D eigenvalue weighted by Gasteiger charge is 2.34. The maximum absolute atomic E-state index is 13.1. The first-order chi connectivity index (χ1) is 13.6. The minimum Gasteiger partial charge on any atom is -0.497 e. The molecule has 7 nitrogen and oxygen atoms in total. The van der Waals surface area contributed by atoms with Crippen molar-refractivity contribution in [2.75, 3.05) is 31.8 Å². The van der Waals surface area contributed by atoms with Gasteiger partial charge in [0.25, 0.3) is 0 Å². The van der Waals surface area contributed by atoms with Crippen LogP contribution in [0.3, 0.4) is 0 Å². The van der Waals surface area contributed by atoms with Crippen LogP contribution < -0.4 is 15.0 Å². The first kappa shape index (κ1) is 19.4. The van der Waals surface area contributed by atoms with Crippen molar-refractivity contribution in [3.63, 3.8) is 0 Å². The summed E-state index contributed by atoms with van der Waals surface area (Å²) in [5.74, 6) is 1.29. The highest BCUT2D eigenvalue weighted by molar-refractivity contribution is 9.10. The molecule has 2 heterocycles. The molecule has 148 valence electrons. The predicted molar refractivity (Wildman–Crippen MR) is 109 cm³/mol. The largest absolute Gasteiger partial charge is 0.497 e. The number of amides is 1. The lowest BCUT2D eigenvalue weighted by molar-refractivity contribution is -0.125. The third-order valence-electron chi connectivity index (χ3n) is 5.15. The molecule has 9 heteroatoms. The fourth-order valence-corrected chi connectivity index (χ4v) is 4.29. The first-order valence-corrected chi connectivity index (χ1v) is 10.2. The molecule has 2 aliphatic rings. The van der Waals surface area contributed by atoms with Crippen molar-refractivity contribution in [3.8, 4) is 5.75 Å². The molecule has 0 spiro atoms. The van der Waals surface area contributed by atoms with Gasteiger partial charge in [0.05, 0.1) is 30.8 Å². The molecule has 1 amide bonds. The average molecular weight is 468 g/mol. The highest BCUT2D eigenvalue weighted by Crippen LogP contribution is 2.34. The molecule has 28 heavy (non-hydrogen) atoms. The summed E-state index contributed by atoms with van der Waals surface area (Å²) in [6.45, 7) is 1.35. The Morgan fingerprint density at radius 3 is 3.14 bits per heavy atom. The lowest BCUT2D eigenvalue weighted by Crippen LogP contribution is -2.54. The van der Waals surface area contributed by atoms with Gasteiger partial charge in [-0.05, 0) is 63.6 Å². The zero-order valence-electron chi connectivity index (χ0n) is 15.3. The Morgan fingerprint density at radius 2 is 2.32 bits per heavy atom. The van der Waals surface area contributed by atoms with Crippen LogP contribution in [0.4, 0.5) is 5.82 Å². The maximum Gasteiger partial charge on any atom is 0.245 e. The van der Waals surface area contributed by atoms with Gasteiger partial charge in [-0.15, -0.1) is 0 Å². The van der Waals surface area contributed by atoms with Crippen molar-refractivity contribution in [1.82, 2.24) is 15.3 Å². The number of nitrogens with zero attached hydrogens (tertiary/aromatic N) is 3. The number of aromatic nitrogens is 2. The number of hydrogen-bond acceptors (Lipinski definition) is 6. The molecule has 1 aliphatic carbocycles. The molecule has 0 radical (unpaired) electrons. The second-order valence-corrected chi connectivity index (χ2v) is 7.95. The van der Waals surface area contributed by atoms with Gasteiger partial charge < -0.3 is 19.7 Å². The number of carbonyl (C=O) groups excluding carboxylic acids is 1. The van der Waals surface area contributed by atoms with Crippen molar-refractivity contribution >= 4 is 39.3 Å². The quantitative estimate of drug-likeness (QED) is 0.697. The fourth-order valence-electron chi connectivity index (χ4n) is 3.74. The SMILES string of the molecule is COc1ccc2c(c1)C(NC(=O)C1COCCN1c1nc(Cl)ncc1Br)CC2. The van der Waals surface area contributed by atoms with Gasteiger partial charge in [-0.2, -0.15) is 4.98 Å². The molecular weight excluding hydrogens is 448 g/mol. The second-order valence-electron chi connectivity index (χ2n) is 6.76. The van der Waals surface area contributed by atoms with E-state index in [1.807, 2.05) is 17.0 Å². The van der Waals surface area contributed by atoms with Crippen molar-refractivity contribution in [2.45, 2.75) is 24.9 Å². The number of hydrogen-bond donors (Lipinski definition) is 1. The molecule has 1 aromatic carbocycles. The average Bonchev–Trinajstić information content (AvgIpc) is 3.11. The summed E-state index contributed by atoms with van der Waals surface area (Å²) >= 11 is 9.43. The van der Waals surface area contributed by atoms with Crippen LogP contribution in [0.2, 0.25) is 5.28 Å². The number of fused-ring (bicyclic) bond motifs is 1. The van der Waals surface area contributed by atoms with Crippen LogP contribution in [0, 0.1) is 0 Å². The molecule has 1 fully saturated rings. The van der Waals surface area contributed by atoms with E-state index in [1.165, 1.54) is 5.56 Å². The summed E-state index contributed by atoms with van der Waals surface area (Å²) in [4.78, 5) is 23.3. The van der Waals surface area contributed by atoms with E-state index in [2.05, 4.69) is 37.3 Å². The summed E-state index contributed by atoms with van der Waals surface area (Å²) in [5.41, 5.74) is 2.36. The van der Waals surface area contributed by atoms with Gasteiger partial charge in [0, 0.05) is 12.7 Å². The number of methoxy groups -OCH3 is 1. The van der Waals surface area contributed by atoms with Gasteiger partial charge in [-0.3, -0.25) is 4.79 Å². The molecular formula is C19H20BrClN4O3. The van der Waals surface area contributed by atoms with Crippen molar-refractivity contribution in [2.24, 2.45) is 0 Å². The maximum atomic E-state index is 13.1. The smallest absolute Gasteiger partial charge is 0.245 e. The van der Waals surface area contributed by atoms with Crippen LogP contribution in [-0.4, -0.2) is 48.8 Å². The Labute approximate surface area is 176 Å². The van der Waals surface area contributed by atoms with Gasteiger partial charge in [0.15, 0.2) is 0 Å². The molecule has 1 aliphatic heterocycles. The monoisotopic (exact) mass is 466 g/mol. The van der Waals surface area contributed by atoms with E-state index in [1.54, 1.807) is 13.3 Å². The fraction of sp³-hybridized carbons (Fsp3) is 0.421. The Morgan fingerprint density at radius 1 is 1.46 bits per heavy atom. The number of anilines is 1. The molecule has 2 atom stereocenters. The molecule has 0 saturated carbocycles. The second kappa shape index (κ2) is 8.23.